The maximum atomic E-state index is 13.6. The summed E-state index contributed by atoms with van der Waals surface area (Å²) in [6, 6.07) is 7.24. The van der Waals surface area contributed by atoms with Crippen LogP contribution >= 0.6 is 0 Å². The molecular weight excluding hydrogens is 485 g/mol. The molecule has 3 aromatic rings. The Labute approximate surface area is 213 Å². The van der Waals surface area contributed by atoms with Crippen molar-refractivity contribution in [1.29, 1.82) is 0 Å². The molecule has 5 rings (SSSR count). The number of alkyl halides is 3. The molecule has 37 heavy (non-hydrogen) atoms. The SMILES string of the molecule is CC1CC(C(=O)NCc2nc(-c3cc4c(N[C@@H]5CCN(C)C[C@@H]5C)cccc4n3CC(F)(F)F)no2)C1. The number of hydrogen-bond donors (Lipinski definition) is 2. The number of likely N-dealkylation sites (tertiary alicyclic amines) is 1. The van der Waals surface area contributed by atoms with Crippen LogP contribution in [0.2, 0.25) is 0 Å². The number of piperidine rings is 1. The summed E-state index contributed by atoms with van der Waals surface area (Å²) in [4.78, 5) is 18.8. The van der Waals surface area contributed by atoms with Gasteiger partial charge >= 0.3 is 6.18 Å². The first-order chi connectivity index (χ1) is 17.6. The first-order valence-electron chi connectivity index (χ1n) is 12.8. The predicted octanol–water partition coefficient (Wildman–Crippen LogP) is 4.67. The molecule has 2 aliphatic rings. The normalized spacial score (nSPS) is 24.7. The van der Waals surface area contributed by atoms with Crippen molar-refractivity contribution in [3.63, 3.8) is 0 Å². The van der Waals surface area contributed by atoms with Gasteiger partial charge in [-0.3, -0.25) is 4.79 Å². The van der Waals surface area contributed by atoms with Crippen molar-refractivity contribution in [3.05, 3.63) is 30.2 Å². The Balaban J connectivity index is 1.42. The number of halogens is 3. The highest BCUT2D eigenvalue weighted by molar-refractivity contribution is 5.96. The summed E-state index contributed by atoms with van der Waals surface area (Å²) in [5.41, 5.74) is 1.44. The van der Waals surface area contributed by atoms with Gasteiger partial charge in [0.2, 0.25) is 17.6 Å². The molecular formula is C26H33F3N6O2. The van der Waals surface area contributed by atoms with Crippen LogP contribution < -0.4 is 10.6 Å². The third-order valence-electron chi connectivity index (χ3n) is 7.59. The average molecular weight is 519 g/mol. The van der Waals surface area contributed by atoms with E-state index in [2.05, 4.69) is 46.6 Å². The van der Waals surface area contributed by atoms with Gasteiger partial charge < -0.3 is 24.6 Å². The van der Waals surface area contributed by atoms with Gasteiger partial charge in [0.25, 0.3) is 0 Å². The third-order valence-corrected chi connectivity index (χ3v) is 7.59. The van der Waals surface area contributed by atoms with Crippen molar-refractivity contribution in [2.24, 2.45) is 17.8 Å². The molecule has 11 heteroatoms. The van der Waals surface area contributed by atoms with E-state index >= 15 is 0 Å². The maximum absolute atomic E-state index is 13.6. The second kappa shape index (κ2) is 10.00. The molecule has 1 aliphatic carbocycles. The largest absolute Gasteiger partial charge is 0.406 e. The number of anilines is 1. The van der Waals surface area contributed by atoms with Crippen molar-refractivity contribution >= 4 is 22.5 Å². The minimum atomic E-state index is -4.44. The van der Waals surface area contributed by atoms with Gasteiger partial charge in [0.1, 0.15) is 6.54 Å². The van der Waals surface area contributed by atoms with E-state index in [0.29, 0.717) is 22.7 Å². The number of carbonyl (C=O) groups is 1. The van der Waals surface area contributed by atoms with Crippen LogP contribution in [0.5, 0.6) is 0 Å². The van der Waals surface area contributed by atoms with E-state index in [1.54, 1.807) is 18.2 Å². The highest BCUT2D eigenvalue weighted by Crippen LogP contribution is 2.36. The third kappa shape index (κ3) is 5.61. The van der Waals surface area contributed by atoms with Gasteiger partial charge in [-0.15, -0.1) is 0 Å². The van der Waals surface area contributed by atoms with E-state index in [4.69, 9.17) is 4.52 Å². The monoisotopic (exact) mass is 518 g/mol. The van der Waals surface area contributed by atoms with Crippen LogP contribution in [0.15, 0.2) is 28.8 Å². The molecule has 200 valence electrons. The van der Waals surface area contributed by atoms with Crippen molar-refractivity contribution in [2.75, 3.05) is 25.5 Å². The zero-order valence-corrected chi connectivity index (χ0v) is 21.3. The zero-order valence-electron chi connectivity index (χ0n) is 21.3. The van der Waals surface area contributed by atoms with Crippen molar-refractivity contribution in [1.82, 2.24) is 24.9 Å². The number of fused-ring (bicyclic) bond motifs is 1. The fourth-order valence-electron chi connectivity index (χ4n) is 5.57. The maximum Gasteiger partial charge on any atom is 0.406 e. The highest BCUT2D eigenvalue weighted by atomic mass is 19.4. The Morgan fingerprint density at radius 3 is 2.73 bits per heavy atom. The molecule has 1 saturated heterocycles. The van der Waals surface area contributed by atoms with E-state index in [1.165, 1.54) is 4.57 Å². The van der Waals surface area contributed by atoms with Crippen LogP contribution in [0.3, 0.4) is 0 Å². The number of amides is 1. The second-order valence-corrected chi connectivity index (χ2v) is 10.8. The van der Waals surface area contributed by atoms with E-state index < -0.39 is 12.7 Å². The Bertz CT molecular complexity index is 1260. The lowest BCUT2D eigenvalue weighted by molar-refractivity contribution is -0.139. The summed E-state index contributed by atoms with van der Waals surface area (Å²) in [7, 11) is 2.09. The summed E-state index contributed by atoms with van der Waals surface area (Å²) >= 11 is 0. The number of rotatable bonds is 7. The van der Waals surface area contributed by atoms with E-state index in [9.17, 15) is 18.0 Å². The number of aromatic nitrogens is 3. The molecule has 2 atom stereocenters. The van der Waals surface area contributed by atoms with Gasteiger partial charge in [-0.1, -0.05) is 25.1 Å². The van der Waals surface area contributed by atoms with Crippen LogP contribution in [-0.2, 0) is 17.9 Å². The number of nitrogens with one attached hydrogen (secondary N) is 2. The Kier molecular flexibility index (Phi) is 6.91. The lowest BCUT2D eigenvalue weighted by Gasteiger charge is -2.36. The molecule has 2 fully saturated rings. The second-order valence-electron chi connectivity index (χ2n) is 10.8. The number of nitrogens with zero attached hydrogens (tertiary/aromatic N) is 4. The molecule has 3 heterocycles. The van der Waals surface area contributed by atoms with Crippen molar-refractivity contribution < 1.29 is 22.5 Å². The molecule has 1 aliphatic heterocycles. The van der Waals surface area contributed by atoms with Crippen LogP contribution in [0.1, 0.15) is 39.0 Å². The Morgan fingerprint density at radius 2 is 2.03 bits per heavy atom. The quantitative estimate of drug-likeness (QED) is 0.473. The summed E-state index contributed by atoms with van der Waals surface area (Å²) in [5.74, 6) is 1.07. The van der Waals surface area contributed by atoms with Crippen LogP contribution in [0.25, 0.3) is 22.4 Å². The van der Waals surface area contributed by atoms with Gasteiger partial charge in [-0.05, 0) is 62.9 Å². The van der Waals surface area contributed by atoms with Gasteiger partial charge in [-0.25, -0.2) is 0 Å². The standard InChI is InChI=1S/C26H33F3N6O2/c1-15-9-17(10-15)25(36)30-12-23-32-24(33-37-23)22-11-18-20(31-19-7-8-34(3)13-16(19)2)5-4-6-21(18)35(22)14-26(27,28)29/h4-6,11,15-17,19,31H,7-10,12-14H2,1-3H3,(H,30,36)/t15?,16-,17?,19+/m0/s1. The lowest BCUT2D eigenvalue weighted by atomic mass is 9.76. The zero-order chi connectivity index (χ0) is 26.3. The number of carbonyl (C=O) groups excluding carboxylic acids is 1. The molecule has 0 unspecified atom stereocenters. The first-order valence-corrected chi connectivity index (χ1v) is 12.8. The van der Waals surface area contributed by atoms with Crippen molar-refractivity contribution in [3.8, 4) is 11.5 Å². The van der Waals surface area contributed by atoms with Crippen LogP contribution in [0, 0.1) is 17.8 Å². The summed E-state index contributed by atoms with van der Waals surface area (Å²) < 4.78 is 47.3. The Hall–Kier alpha value is -3.08. The smallest absolute Gasteiger partial charge is 0.381 e. The molecule has 0 bridgehead atoms. The molecule has 0 radical (unpaired) electrons. The fourth-order valence-corrected chi connectivity index (χ4v) is 5.57. The van der Waals surface area contributed by atoms with Crippen LogP contribution in [-0.4, -0.2) is 57.9 Å². The predicted molar refractivity (Wildman–Crippen MR) is 134 cm³/mol. The number of hydrogen-bond acceptors (Lipinski definition) is 6. The van der Waals surface area contributed by atoms with Gasteiger partial charge in [0.15, 0.2) is 0 Å². The molecule has 1 amide bonds. The minimum Gasteiger partial charge on any atom is -0.381 e. The average Bonchev–Trinajstić information content (AvgIpc) is 3.41. The van der Waals surface area contributed by atoms with Crippen LogP contribution in [0.4, 0.5) is 18.9 Å². The van der Waals surface area contributed by atoms with Gasteiger partial charge in [0.05, 0.1) is 17.8 Å². The van der Waals surface area contributed by atoms with E-state index in [-0.39, 0.29) is 41.8 Å². The Morgan fingerprint density at radius 1 is 1.24 bits per heavy atom. The molecule has 0 spiro atoms. The number of benzene rings is 1. The lowest BCUT2D eigenvalue weighted by Crippen LogP contribution is -2.43. The summed E-state index contributed by atoms with van der Waals surface area (Å²) in [5, 5.41) is 11.0. The minimum absolute atomic E-state index is 0.00934. The molecule has 2 N–H and O–H groups in total. The summed E-state index contributed by atoms with van der Waals surface area (Å²) in [6.07, 6.45) is -1.78. The van der Waals surface area contributed by atoms with Gasteiger partial charge in [-0.2, -0.15) is 18.2 Å². The van der Waals surface area contributed by atoms with Crippen molar-refractivity contribution in [2.45, 2.75) is 58.4 Å². The van der Waals surface area contributed by atoms with Gasteiger partial charge in [0, 0.05) is 29.6 Å². The molecule has 2 aromatic heterocycles. The summed E-state index contributed by atoms with van der Waals surface area (Å²) in [6.45, 7) is 5.05. The van der Waals surface area contributed by atoms with E-state index in [0.717, 1.165) is 38.0 Å². The molecule has 1 saturated carbocycles. The fraction of sp³-hybridized carbons (Fsp3) is 0.577. The molecule has 1 aromatic carbocycles. The topological polar surface area (TPSA) is 88.2 Å². The van der Waals surface area contributed by atoms with E-state index in [1.807, 2.05) is 6.07 Å². The first kappa shape index (κ1) is 25.6. The molecule has 8 nitrogen and oxygen atoms in total. The highest BCUT2D eigenvalue weighted by Gasteiger charge is 2.33.